The monoisotopic (exact) mass is 713 g/mol. The quantitative estimate of drug-likeness (QED) is 0.0807. The smallest absolute Gasteiger partial charge is 0.233 e. The third-order valence-corrected chi connectivity index (χ3v) is 8.59. The van der Waals surface area contributed by atoms with Gasteiger partial charge in [-0.3, -0.25) is 14.6 Å². The number of nitrogens with one attached hydrogen (secondary N) is 2. The molecule has 5 rings (SSSR count). The lowest BCUT2D eigenvalue weighted by atomic mass is 10.2. The molecule has 3 aromatic heterocycles. The van der Waals surface area contributed by atoms with E-state index < -0.39 is 24.1 Å². The van der Waals surface area contributed by atoms with Crippen molar-refractivity contribution in [2.45, 2.75) is 25.7 Å². The second-order valence-corrected chi connectivity index (χ2v) is 11.9. The summed E-state index contributed by atoms with van der Waals surface area (Å²) in [6.07, 6.45) is 6.15. The van der Waals surface area contributed by atoms with Crippen molar-refractivity contribution in [2.75, 3.05) is 24.4 Å². The number of aryl methyl sites for hydroxylation is 1. The van der Waals surface area contributed by atoms with E-state index in [9.17, 15) is 14.0 Å². The van der Waals surface area contributed by atoms with Gasteiger partial charge < -0.3 is 24.7 Å². The zero-order valence-electron chi connectivity index (χ0n) is 23.5. The largest absolute Gasteiger partial charge is 0.455 e. The van der Waals surface area contributed by atoms with Crippen LogP contribution in [0.15, 0.2) is 67.0 Å². The van der Waals surface area contributed by atoms with Crippen molar-refractivity contribution in [1.82, 2.24) is 14.5 Å². The first kappa shape index (κ1) is 30.6. The minimum absolute atomic E-state index is 0.0258. The summed E-state index contributed by atoms with van der Waals surface area (Å²) in [6, 6.07) is 14.8. The van der Waals surface area contributed by atoms with Gasteiger partial charge in [-0.25, -0.2) is 9.37 Å². The fourth-order valence-electron chi connectivity index (χ4n) is 4.45. The molecule has 0 saturated carbocycles. The van der Waals surface area contributed by atoms with Crippen LogP contribution in [0.3, 0.4) is 0 Å². The van der Waals surface area contributed by atoms with Gasteiger partial charge in [-0.15, -0.1) is 11.3 Å². The maximum absolute atomic E-state index is 13.8. The number of anilines is 2. The highest BCUT2D eigenvalue weighted by molar-refractivity contribution is 14.1. The number of nitrogens with zero attached hydrogens (tertiary/aromatic N) is 3. The van der Waals surface area contributed by atoms with Gasteiger partial charge in [0.2, 0.25) is 11.8 Å². The molecule has 2 amide bonds. The predicted octanol–water partition coefficient (Wildman–Crippen LogP) is 7.17. The van der Waals surface area contributed by atoms with Crippen LogP contribution in [0.4, 0.5) is 15.8 Å². The van der Waals surface area contributed by atoms with Crippen LogP contribution >= 0.6 is 33.9 Å². The van der Waals surface area contributed by atoms with Crippen LogP contribution in [0.25, 0.3) is 20.9 Å². The molecule has 222 valence electrons. The Hall–Kier alpha value is -3.88. The first-order chi connectivity index (χ1) is 20.8. The molecule has 0 aliphatic carbocycles. The first-order valence-electron chi connectivity index (χ1n) is 13.5. The molecular formula is C31H29FIN5O4S. The summed E-state index contributed by atoms with van der Waals surface area (Å²) >= 11 is 3.70. The number of hydrogen-bond donors (Lipinski definition) is 2. The van der Waals surface area contributed by atoms with Crippen LogP contribution in [0, 0.1) is 9.39 Å². The maximum atomic E-state index is 13.8. The summed E-state index contributed by atoms with van der Waals surface area (Å²) in [5, 5.41) is 5.11. The maximum Gasteiger partial charge on any atom is 0.233 e. The van der Waals surface area contributed by atoms with Crippen molar-refractivity contribution in [2.24, 2.45) is 7.05 Å². The summed E-state index contributed by atoms with van der Waals surface area (Å²) in [7, 11) is 3.75. The van der Waals surface area contributed by atoms with Gasteiger partial charge in [-0.1, -0.05) is 12.1 Å². The van der Waals surface area contributed by atoms with Gasteiger partial charge in [0.05, 0.1) is 24.4 Å². The third kappa shape index (κ3) is 7.56. The molecule has 0 atom stereocenters. The SMILES string of the molecule is COCCCCc1cnc(-c2cc3nccc(Oc4ccc(NC(=O)CC(=O)Nc5ccccc5F)cc4I)c3s2)n1C. The fraction of sp³-hybridized carbons (Fsp3) is 0.226. The Morgan fingerprint density at radius 2 is 1.84 bits per heavy atom. The third-order valence-electron chi connectivity index (χ3n) is 6.62. The van der Waals surface area contributed by atoms with Gasteiger partial charge in [0.1, 0.15) is 29.6 Å². The highest BCUT2D eigenvalue weighted by Crippen LogP contribution is 2.40. The summed E-state index contributed by atoms with van der Waals surface area (Å²) in [5.74, 6) is 0.448. The number of benzene rings is 2. The summed E-state index contributed by atoms with van der Waals surface area (Å²) in [6.45, 7) is 0.753. The Labute approximate surface area is 265 Å². The molecule has 12 heteroatoms. The first-order valence-corrected chi connectivity index (χ1v) is 15.4. The standard InChI is InChI=1S/C31H29FIN5O4S/c1-38-20(7-5-6-14-41-2)18-35-31(38)27-16-24-30(43-27)26(12-13-34-24)42-25-11-10-19(15-22(25)33)36-28(39)17-29(40)37-23-9-4-3-8-21(23)32/h3-4,8-13,15-16,18H,5-7,14,17H2,1-2H3,(H,36,39)(H,37,40). The van der Waals surface area contributed by atoms with E-state index in [1.165, 1.54) is 23.9 Å². The molecule has 0 unspecified atom stereocenters. The highest BCUT2D eigenvalue weighted by atomic mass is 127. The average molecular weight is 714 g/mol. The fourth-order valence-corrected chi connectivity index (χ4v) is 6.18. The molecule has 2 aromatic carbocycles. The Bertz CT molecular complexity index is 1770. The number of amides is 2. The van der Waals surface area contributed by atoms with Crippen molar-refractivity contribution in [1.29, 1.82) is 0 Å². The number of halogens is 2. The molecular weight excluding hydrogens is 684 g/mol. The minimum Gasteiger partial charge on any atom is -0.455 e. The van der Waals surface area contributed by atoms with Crippen molar-refractivity contribution in [3.05, 3.63) is 82.1 Å². The van der Waals surface area contributed by atoms with Crippen molar-refractivity contribution in [3.63, 3.8) is 0 Å². The molecule has 3 heterocycles. The minimum atomic E-state index is -0.613. The van der Waals surface area contributed by atoms with Crippen LogP contribution in [0.5, 0.6) is 11.5 Å². The number of carbonyl (C=O) groups excluding carboxylic acids is 2. The second kappa shape index (κ2) is 14.1. The molecule has 0 spiro atoms. The molecule has 0 aliphatic heterocycles. The molecule has 0 aliphatic rings. The summed E-state index contributed by atoms with van der Waals surface area (Å²) in [5.41, 5.74) is 2.51. The van der Waals surface area contributed by atoms with Crippen LogP contribution < -0.4 is 15.4 Å². The Morgan fingerprint density at radius 3 is 2.63 bits per heavy atom. The summed E-state index contributed by atoms with van der Waals surface area (Å²) < 4.78 is 29.0. The van der Waals surface area contributed by atoms with E-state index >= 15 is 0 Å². The van der Waals surface area contributed by atoms with Crippen molar-refractivity contribution in [3.8, 4) is 22.2 Å². The molecule has 5 aromatic rings. The second-order valence-electron chi connectivity index (χ2n) is 9.72. The van der Waals surface area contributed by atoms with Gasteiger partial charge in [0.25, 0.3) is 0 Å². The number of thiophene rings is 1. The number of fused-ring (bicyclic) bond motifs is 1. The number of rotatable bonds is 12. The molecule has 2 N–H and O–H groups in total. The van der Waals surface area contributed by atoms with Crippen LogP contribution in [0.2, 0.25) is 0 Å². The Morgan fingerprint density at radius 1 is 1.02 bits per heavy atom. The molecule has 9 nitrogen and oxygen atoms in total. The number of carbonyl (C=O) groups is 2. The molecule has 0 bridgehead atoms. The van der Waals surface area contributed by atoms with E-state index in [2.05, 4.69) is 47.8 Å². The Kier molecular flexibility index (Phi) is 10.00. The molecule has 0 fully saturated rings. The number of ether oxygens (including phenoxy) is 2. The van der Waals surface area contributed by atoms with Crippen LogP contribution in [0.1, 0.15) is 25.0 Å². The average Bonchev–Trinajstić information content (AvgIpc) is 3.57. The van der Waals surface area contributed by atoms with Gasteiger partial charge in [-0.05, 0) is 78.3 Å². The van der Waals surface area contributed by atoms with E-state index in [1.807, 2.05) is 25.4 Å². The summed E-state index contributed by atoms with van der Waals surface area (Å²) in [4.78, 5) is 34.8. The highest BCUT2D eigenvalue weighted by Gasteiger charge is 2.17. The molecule has 0 saturated heterocycles. The topological polar surface area (TPSA) is 107 Å². The number of methoxy groups -OCH3 is 1. The number of pyridine rings is 1. The zero-order valence-corrected chi connectivity index (χ0v) is 26.5. The van der Waals surface area contributed by atoms with Gasteiger partial charge in [-0.2, -0.15) is 0 Å². The van der Waals surface area contributed by atoms with E-state index in [4.69, 9.17) is 9.47 Å². The number of aromatic nitrogens is 3. The lowest BCUT2D eigenvalue weighted by molar-refractivity contribution is -0.123. The zero-order chi connectivity index (χ0) is 30.3. The number of hydrogen-bond acceptors (Lipinski definition) is 7. The van der Waals surface area contributed by atoms with E-state index in [0.717, 1.165) is 50.4 Å². The van der Waals surface area contributed by atoms with Crippen LogP contribution in [-0.4, -0.2) is 40.1 Å². The molecule has 0 radical (unpaired) electrons. The number of imidazole rings is 1. The van der Waals surface area contributed by atoms with Crippen molar-refractivity contribution >= 4 is 67.3 Å². The van der Waals surface area contributed by atoms with Crippen LogP contribution in [-0.2, 0) is 27.8 Å². The van der Waals surface area contributed by atoms with Gasteiger partial charge >= 0.3 is 0 Å². The normalized spacial score (nSPS) is 11.1. The Balaban J connectivity index is 1.25. The molecule has 43 heavy (non-hydrogen) atoms. The lowest BCUT2D eigenvalue weighted by Crippen LogP contribution is -2.21. The predicted molar refractivity (Wildman–Crippen MR) is 174 cm³/mol. The van der Waals surface area contributed by atoms with E-state index in [1.54, 1.807) is 48.9 Å². The number of unbranched alkanes of at least 4 members (excludes halogenated alkanes) is 1. The van der Waals surface area contributed by atoms with Gasteiger partial charge in [0, 0.05) is 50.6 Å². The number of para-hydroxylation sites is 1. The van der Waals surface area contributed by atoms with Gasteiger partial charge in [0.15, 0.2) is 0 Å². The van der Waals surface area contributed by atoms with Crippen molar-refractivity contribution < 1.29 is 23.5 Å². The van der Waals surface area contributed by atoms with E-state index in [0.29, 0.717) is 17.2 Å². The lowest BCUT2D eigenvalue weighted by Gasteiger charge is -2.11. The van der Waals surface area contributed by atoms with E-state index in [-0.39, 0.29) is 5.69 Å².